The molecule has 0 spiro atoms. The summed E-state index contributed by atoms with van der Waals surface area (Å²) in [6.45, 7) is 3.54. The number of piperidine rings is 2. The summed E-state index contributed by atoms with van der Waals surface area (Å²) in [6.07, 6.45) is 8.35. The molecule has 2 aromatic heterocycles. The Morgan fingerprint density at radius 3 is 2.54 bits per heavy atom. The molecule has 1 unspecified atom stereocenters. The van der Waals surface area contributed by atoms with Crippen LogP contribution in [0.2, 0.25) is 0 Å². The summed E-state index contributed by atoms with van der Waals surface area (Å²) < 4.78 is 23.2. The Bertz CT molecular complexity index is 2240. The van der Waals surface area contributed by atoms with Crippen molar-refractivity contribution in [3.63, 3.8) is 0 Å². The topological polar surface area (TPSA) is 166 Å². The van der Waals surface area contributed by atoms with Crippen LogP contribution < -0.4 is 15.5 Å². The smallest absolute Gasteiger partial charge is 0.289 e. The molecule has 3 saturated heterocycles. The predicted molar refractivity (Wildman–Crippen MR) is 208 cm³/mol. The molecular formula is C41H46FN9O6. The molecule has 57 heavy (non-hydrogen) atoms. The van der Waals surface area contributed by atoms with Crippen LogP contribution in [0.1, 0.15) is 66.1 Å². The SMILES string of the molecule is CN(C)C(=O)c1cc2cc(C3=CCCN(C(=O)CCn4ccnn4)C3)cc(N3CC(C(=O)N4CCC(c5ccc(NC6CCC(=O)NC6=O)cc5F)CC4)C3)c2o1. The van der Waals surface area contributed by atoms with Crippen molar-refractivity contribution in [3.8, 4) is 0 Å². The van der Waals surface area contributed by atoms with Gasteiger partial charge in [0.1, 0.15) is 11.9 Å². The summed E-state index contributed by atoms with van der Waals surface area (Å²) in [5, 5.41) is 13.9. The van der Waals surface area contributed by atoms with Crippen molar-refractivity contribution in [1.29, 1.82) is 0 Å². The minimum absolute atomic E-state index is 0.0371. The molecule has 0 saturated carbocycles. The number of halogens is 1. The molecule has 4 aliphatic rings. The maximum atomic E-state index is 15.3. The average Bonchev–Trinajstić information content (AvgIpc) is 3.88. The number of nitrogens with one attached hydrogen (secondary N) is 2. The number of anilines is 2. The number of carbonyl (C=O) groups excluding carboxylic acids is 5. The van der Waals surface area contributed by atoms with E-state index in [9.17, 15) is 24.0 Å². The number of hydrogen-bond acceptors (Lipinski definition) is 10. The van der Waals surface area contributed by atoms with Crippen LogP contribution in [0.3, 0.4) is 0 Å². The fraction of sp³-hybridized carbons (Fsp3) is 0.439. The first-order chi connectivity index (χ1) is 27.5. The molecule has 8 rings (SSSR count). The van der Waals surface area contributed by atoms with E-state index < -0.39 is 11.9 Å². The molecule has 0 aliphatic carbocycles. The Balaban J connectivity index is 0.912. The molecule has 6 heterocycles. The lowest BCUT2D eigenvalue weighted by atomic mass is 9.87. The quantitative estimate of drug-likeness (QED) is 0.227. The predicted octanol–water partition coefficient (Wildman–Crippen LogP) is 3.63. The second-order valence-corrected chi connectivity index (χ2v) is 15.6. The Morgan fingerprint density at radius 2 is 1.82 bits per heavy atom. The van der Waals surface area contributed by atoms with Crippen molar-refractivity contribution < 1.29 is 32.8 Å². The van der Waals surface area contributed by atoms with Gasteiger partial charge in [0.25, 0.3) is 5.91 Å². The largest absolute Gasteiger partial charge is 0.449 e. The van der Waals surface area contributed by atoms with Crippen LogP contribution in [-0.4, -0.2) is 119 Å². The van der Waals surface area contributed by atoms with E-state index in [1.807, 2.05) is 21.9 Å². The molecule has 0 radical (unpaired) electrons. The number of benzene rings is 2. The standard InChI is InChI=1S/C41H46FN9O6/c1-47(2)41(56)35-20-28-18-27(26-4-3-13-49(22-26)37(53)11-16-51-17-12-43-46-51)19-34(38(28)57-35)50-23-29(24-50)40(55)48-14-9-25(10-15-48)31-6-5-30(21-32(31)42)44-33-7-8-36(52)45-39(33)54/h4-6,12,17-21,25,29,33,44H,3,7-11,13-16,22-24H2,1-2H3,(H,45,52,54). The van der Waals surface area contributed by atoms with Crippen molar-refractivity contribution in [2.45, 2.75) is 57.0 Å². The third-order valence-electron chi connectivity index (χ3n) is 11.5. The van der Waals surface area contributed by atoms with Crippen LogP contribution in [-0.2, 0) is 25.7 Å². The van der Waals surface area contributed by atoms with Crippen LogP contribution in [0, 0.1) is 11.7 Å². The van der Waals surface area contributed by atoms with Crippen molar-refractivity contribution in [2.75, 3.05) is 63.6 Å². The highest BCUT2D eigenvalue weighted by Crippen LogP contribution is 2.39. The summed E-state index contributed by atoms with van der Waals surface area (Å²) in [6, 6.07) is 10.1. The van der Waals surface area contributed by atoms with Crippen LogP contribution in [0.5, 0.6) is 0 Å². The molecule has 0 bridgehead atoms. The third-order valence-corrected chi connectivity index (χ3v) is 11.5. The van der Waals surface area contributed by atoms with E-state index in [0.29, 0.717) is 94.8 Å². The zero-order chi connectivity index (χ0) is 39.8. The molecule has 1 atom stereocenters. The number of amides is 5. The van der Waals surface area contributed by atoms with E-state index in [1.165, 1.54) is 11.0 Å². The Labute approximate surface area is 328 Å². The maximum absolute atomic E-state index is 15.3. The minimum atomic E-state index is -0.594. The number of aromatic nitrogens is 3. The number of carbonyl (C=O) groups is 5. The fourth-order valence-electron chi connectivity index (χ4n) is 8.25. The van der Waals surface area contributed by atoms with E-state index in [4.69, 9.17) is 4.42 Å². The molecular weight excluding hydrogens is 734 g/mol. The minimum Gasteiger partial charge on any atom is -0.449 e. The number of rotatable bonds is 10. The second-order valence-electron chi connectivity index (χ2n) is 15.6. The molecule has 15 nitrogen and oxygen atoms in total. The highest BCUT2D eigenvalue weighted by atomic mass is 19.1. The van der Waals surface area contributed by atoms with E-state index >= 15 is 4.39 Å². The summed E-state index contributed by atoms with van der Waals surface area (Å²) in [4.78, 5) is 70.8. The van der Waals surface area contributed by atoms with Gasteiger partial charge < -0.3 is 29.3 Å². The summed E-state index contributed by atoms with van der Waals surface area (Å²) in [5.41, 5.74) is 4.38. The Hall–Kier alpha value is -6.06. The normalized spacial score (nSPS) is 19.3. The monoisotopic (exact) mass is 779 g/mol. The van der Waals surface area contributed by atoms with Gasteiger partial charge in [0, 0.05) is 83.5 Å². The van der Waals surface area contributed by atoms with Gasteiger partial charge in [-0.05, 0) is 78.6 Å². The molecule has 5 amide bonds. The zero-order valence-electron chi connectivity index (χ0n) is 32.1. The highest BCUT2D eigenvalue weighted by Gasteiger charge is 2.39. The fourth-order valence-corrected chi connectivity index (χ4v) is 8.25. The van der Waals surface area contributed by atoms with E-state index in [0.717, 1.165) is 22.2 Å². The Kier molecular flexibility index (Phi) is 10.5. The summed E-state index contributed by atoms with van der Waals surface area (Å²) >= 11 is 0. The van der Waals surface area contributed by atoms with E-state index in [-0.39, 0.29) is 53.5 Å². The molecule has 4 aromatic rings. The van der Waals surface area contributed by atoms with Crippen LogP contribution in [0.25, 0.3) is 16.5 Å². The van der Waals surface area contributed by atoms with Gasteiger partial charge in [0.15, 0.2) is 11.3 Å². The lowest BCUT2D eigenvalue weighted by Gasteiger charge is -2.43. The van der Waals surface area contributed by atoms with Gasteiger partial charge in [-0.3, -0.25) is 34.0 Å². The highest BCUT2D eigenvalue weighted by molar-refractivity contribution is 6.02. The van der Waals surface area contributed by atoms with Gasteiger partial charge >= 0.3 is 0 Å². The van der Waals surface area contributed by atoms with Crippen LogP contribution in [0.4, 0.5) is 15.8 Å². The van der Waals surface area contributed by atoms with Crippen LogP contribution >= 0.6 is 0 Å². The van der Waals surface area contributed by atoms with Crippen LogP contribution in [0.15, 0.2) is 59.3 Å². The number of nitrogens with zero attached hydrogens (tertiary/aromatic N) is 7. The van der Waals surface area contributed by atoms with Gasteiger partial charge in [-0.15, -0.1) is 5.10 Å². The summed E-state index contributed by atoms with van der Waals surface area (Å²) in [7, 11) is 3.35. The molecule has 2 aromatic carbocycles. The van der Waals surface area contributed by atoms with Gasteiger partial charge in [-0.2, -0.15) is 0 Å². The van der Waals surface area contributed by atoms with Crippen molar-refractivity contribution in [3.05, 3.63) is 77.6 Å². The maximum Gasteiger partial charge on any atom is 0.289 e. The van der Waals surface area contributed by atoms with Gasteiger partial charge in [0.2, 0.25) is 23.6 Å². The average molecular weight is 780 g/mol. The van der Waals surface area contributed by atoms with Crippen molar-refractivity contribution >= 4 is 57.5 Å². The lowest BCUT2D eigenvalue weighted by Crippen LogP contribution is -2.55. The van der Waals surface area contributed by atoms with Gasteiger partial charge in [0.05, 0.1) is 24.3 Å². The molecule has 16 heteroatoms. The first-order valence-corrected chi connectivity index (χ1v) is 19.5. The zero-order valence-corrected chi connectivity index (χ0v) is 32.1. The first-order valence-electron chi connectivity index (χ1n) is 19.5. The van der Waals surface area contributed by atoms with Gasteiger partial charge in [-0.1, -0.05) is 17.4 Å². The molecule has 4 aliphatic heterocycles. The third kappa shape index (κ3) is 7.98. The second kappa shape index (κ2) is 15.8. The molecule has 3 fully saturated rings. The first kappa shape index (κ1) is 37.8. The number of imide groups is 1. The number of fused-ring (bicyclic) bond motifs is 1. The number of hydrogen-bond donors (Lipinski definition) is 2. The van der Waals surface area contributed by atoms with Crippen molar-refractivity contribution in [1.82, 2.24) is 35.0 Å². The number of furan rings is 1. The number of likely N-dealkylation sites (tertiary alicyclic amines) is 1. The van der Waals surface area contributed by atoms with Crippen molar-refractivity contribution in [2.24, 2.45) is 5.92 Å². The van der Waals surface area contributed by atoms with Gasteiger partial charge in [-0.25, -0.2) is 4.39 Å². The lowest BCUT2D eigenvalue weighted by molar-refractivity contribution is -0.137. The Morgan fingerprint density at radius 1 is 1.02 bits per heavy atom. The molecule has 2 N–H and O–H groups in total. The molecule has 298 valence electrons. The summed E-state index contributed by atoms with van der Waals surface area (Å²) in [5.74, 6) is -1.26. The number of aryl methyl sites for hydroxylation is 1. The van der Waals surface area contributed by atoms with E-state index in [1.54, 1.807) is 49.4 Å². The van der Waals surface area contributed by atoms with E-state index in [2.05, 4.69) is 31.9 Å².